The molecule has 0 aliphatic heterocycles. The predicted octanol–water partition coefficient (Wildman–Crippen LogP) is 5.03. The topological polar surface area (TPSA) is 177 Å². The molecular formula is C35H55N3O12. The molecule has 15 heteroatoms. The first-order chi connectivity index (χ1) is 23.4. The number of rotatable bonds is 18. The minimum atomic E-state index is -1.21. The van der Waals surface area contributed by atoms with Crippen LogP contribution in [-0.4, -0.2) is 103 Å². The smallest absolute Gasteiger partial charge is 0.418 e. The van der Waals surface area contributed by atoms with Gasteiger partial charge in [0.15, 0.2) is 0 Å². The summed E-state index contributed by atoms with van der Waals surface area (Å²) in [5, 5.41) is 0. The monoisotopic (exact) mass is 709 g/mol. The molecule has 0 saturated heterocycles. The molecule has 0 bridgehead atoms. The first kappa shape index (κ1) is 43.6. The van der Waals surface area contributed by atoms with Gasteiger partial charge < -0.3 is 28.4 Å². The molecule has 4 atom stereocenters. The number of esters is 4. The van der Waals surface area contributed by atoms with Crippen molar-refractivity contribution in [2.24, 2.45) is 23.7 Å². The number of ether oxygens (including phenoxy) is 6. The second-order valence-corrected chi connectivity index (χ2v) is 13.6. The fraction of sp³-hybridized carbons (Fsp3) is 0.686. The number of carbonyl (C=O) groups excluding carboxylic acids is 6. The molecule has 282 valence electrons. The Bertz CT molecular complexity index is 1150. The van der Waals surface area contributed by atoms with Gasteiger partial charge in [0, 0.05) is 12.3 Å². The van der Waals surface area contributed by atoms with Gasteiger partial charge in [-0.25, -0.2) is 33.8 Å². The highest BCUT2D eigenvalue weighted by molar-refractivity contribution is 5.88. The van der Waals surface area contributed by atoms with Gasteiger partial charge in [0.1, 0.15) is 29.9 Å². The average molecular weight is 710 g/mol. The maximum atomic E-state index is 13.9. The molecule has 0 radical (unpaired) electrons. The average Bonchev–Trinajstić information content (AvgIpc) is 3.04. The molecular weight excluding hydrogens is 654 g/mol. The fourth-order valence-corrected chi connectivity index (χ4v) is 5.37. The van der Waals surface area contributed by atoms with Crippen molar-refractivity contribution in [1.82, 2.24) is 14.8 Å². The zero-order valence-electron chi connectivity index (χ0n) is 31.4. The molecule has 4 unspecified atom stereocenters. The van der Waals surface area contributed by atoms with Crippen LogP contribution in [0.15, 0.2) is 18.3 Å². The third-order valence-electron chi connectivity index (χ3n) is 7.54. The van der Waals surface area contributed by atoms with E-state index in [0.29, 0.717) is 0 Å². The summed E-state index contributed by atoms with van der Waals surface area (Å²) < 4.78 is 31.3. The van der Waals surface area contributed by atoms with E-state index in [1.807, 2.05) is 55.4 Å². The zero-order chi connectivity index (χ0) is 38.3. The molecule has 1 aromatic heterocycles. The number of pyridine rings is 1. The molecule has 0 aliphatic rings. The molecule has 15 nitrogen and oxygen atoms in total. The largest absolute Gasteiger partial charge is 0.467 e. The van der Waals surface area contributed by atoms with E-state index in [0.717, 1.165) is 15.9 Å². The molecule has 1 heterocycles. The van der Waals surface area contributed by atoms with Gasteiger partial charge >= 0.3 is 36.1 Å². The maximum absolute atomic E-state index is 13.9. The minimum Gasteiger partial charge on any atom is -0.467 e. The Morgan fingerprint density at radius 3 is 1.12 bits per heavy atom. The molecule has 0 fully saturated rings. The van der Waals surface area contributed by atoms with E-state index in [1.165, 1.54) is 40.7 Å². The van der Waals surface area contributed by atoms with Crippen molar-refractivity contribution >= 4 is 36.1 Å². The van der Waals surface area contributed by atoms with Crippen molar-refractivity contribution in [1.29, 1.82) is 0 Å². The molecule has 50 heavy (non-hydrogen) atoms. The van der Waals surface area contributed by atoms with Crippen LogP contribution in [0.25, 0.3) is 0 Å². The molecule has 0 spiro atoms. The second kappa shape index (κ2) is 20.9. The van der Waals surface area contributed by atoms with Crippen molar-refractivity contribution in [3.05, 3.63) is 18.3 Å². The lowest BCUT2D eigenvalue weighted by Gasteiger charge is -2.36. The van der Waals surface area contributed by atoms with Gasteiger partial charge in [0.25, 0.3) is 0 Å². The van der Waals surface area contributed by atoms with Crippen LogP contribution in [0.3, 0.4) is 0 Å². The number of amides is 2. The van der Waals surface area contributed by atoms with Crippen molar-refractivity contribution in [2.75, 3.05) is 28.4 Å². The quantitative estimate of drug-likeness (QED) is 0.147. The molecule has 1 rings (SSSR count). The Labute approximate surface area is 295 Å². The Morgan fingerprint density at radius 2 is 0.840 bits per heavy atom. The third kappa shape index (κ3) is 13.1. The van der Waals surface area contributed by atoms with Crippen LogP contribution >= 0.6 is 0 Å². The maximum Gasteiger partial charge on any atom is 0.418 e. The highest BCUT2D eigenvalue weighted by Gasteiger charge is 2.43. The predicted molar refractivity (Wildman–Crippen MR) is 181 cm³/mol. The Morgan fingerprint density at radius 1 is 0.540 bits per heavy atom. The van der Waals surface area contributed by atoms with Crippen molar-refractivity contribution in [3.63, 3.8) is 0 Å². The summed E-state index contributed by atoms with van der Waals surface area (Å²) in [4.78, 5) is 85.9. The van der Waals surface area contributed by atoms with E-state index in [2.05, 4.69) is 4.98 Å². The second-order valence-electron chi connectivity index (χ2n) is 13.6. The van der Waals surface area contributed by atoms with Gasteiger partial charge in [-0.2, -0.15) is 0 Å². The summed E-state index contributed by atoms with van der Waals surface area (Å²) in [6.45, 7) is 14.8. The van der Waals surface area contributed by atoms with Gasteiger partial charge in [-0.05, 0) is 55.4 Å². The molecule has 0 N–H and O–H groups in total. The van der Waals surface area contributed by atoms with E-state index in [9.17, 15) is 28.8 Å². The molecule has 0 saturated carbocycles. The third-order valence-corrected chi connectivity index (χ3v) is 7.54. The van der Waals surface area contributed by atoms with Crippen LogP contribution in [0.5, 0.6) is 11.6 Å². The van der Waals surface area contributed by atoms with Crippen LogP contribution in [0.4, 0.5) is 9.59 Å². The SMILES string of the molecule is COC(=O)C(CC(C)C)N(C(=O)Oc1ccnc(OC(=O)N(C(CC(C)C)C(=O)OC)C(CC(C)C)C(=O)OC)c1)C(CC(C)C)C(=O)OC. The van der Waals surface area contributed by atoms with E-state index >= 15 is 0 Å². The number of methoxy groups -OCH3 is 4. The van der Waals surface area contributed by atoms with Crippen molar-refractivity contribution in [3.8, 4) is 11.6 Å². The van der Waals surface area contributed by atoms with Crippen LogP contribution in [0.2, 0.25) is 0 Å². The van der Waals surface area contributed by atoms with Gasteiger partial charge in [0.2, 0.25) is 5.88 Å². The Kier molecular flexibility index (Phi) is 18.3. The summed E-state index contributed by atoms with van der Waals surface area (Å²) in [6.07, 6.45) is -0.369. The highest BCUT2D eigenvalue weighted by Crippen LogP contribution is 2.27. The van der Waals surface area contributed by atoms with Gasteiger partial charge in [-0.15, -0.1) is 0 Å². The standard InChI is InChI=1S/C35H55N3O12/c1-20(2)15-25(30(39)45-9)37(26(16-21(3)4)31(40)46-10)34(43)49-24-13-14-36-29(19-24)50-35(44)38(27(17-22(5)6)32(41)47-11)28(18-23(7)8)33(42)48-12/h13-14,19-23,25-28H,15-18H2,1-12H3. The van der Waals surface area contributed by atoms with Crippen molar-refractivity contribution < 1.29 is 57.2 Å². The number of hydrogen-bond acceptors (Lipinski definition) is 13. The minimum absolute atomic E-state index is 0.0874. The van der Waals surface area contributed by atoms with E-state index < -0.39 is 60.2 Å². The van der Waals surface area contributed by atoms with Crippen molar-refractivity contribution in [2.45, 2.75) is 105 Å². The highest BCUT2D eigenvalue weighted by atomic mass is 16.6. The summed E-state index contributed by atoms with van der Waals surface area (Å²) in [5.74, 6) is -3.86. The lowest BCUT2D eigenvalue weighted by molar-refractivity contribution is -0.155. The van der Waals surface area contributed by atoms with Crippen LogP contribution < -0.4 is 9.47 Å². The molecule has 2 amide bonds. The molecule has 0 aromatic carbocycles. The number of aromatic nitrogens is 1. The first-order valence-electron chi connectivity index (χ1n) is 16.7. The van der Waals surface area contributed by atoms with Gasteiger partial charge in [-0.3, -0.25) is 9.80 Å². The van der Waals surface area contributed by atoms with E-state index in [-0.39, 0.29) is 61.0 Å². The normalized spacial score (nSPS) is 13.6. The number of nitrogens with zero attached hydrogens (tertiary/aromatic N) is 3. The van der Waals surface area contributed by atoms with Crippen LogP contribution in [0.1, 0.15) is 81.1 Å². The number of hydrogen-bond donors (Lipinski definition) is 0. The summed E-state index contributed by atoms with van der Waals surface area (Å²) in [5.41, 5.74) is 0. The van der Waals surface area contributed by atoms with Crippen LogP contribution in [0, 0.1) is 23.7 Å². The van der Waals surface area contributed by atoms with E-state index in [1.54, 1.807) is 0 Å². The van der Waals surface area contributed by atoms with E-state index in [4.69, 9.17) is 28.4 Å². The summed E-state index contributed by atoms with van der Waals surface area (Å²) in [7, 11) is 4.71. The Balaban J connectivity index is 3.67. The van der Waals surface area contributed by atoms with Gasteiger partial charge in [-0.1, -0.05) is 55.4 Å². The molecule has 0 aliphatic carbocycles. The zero-order valence-corrected chi connectivity index (χ0v) is 31.4. The molecule has 1 aromatic rings. The summed E-state index contributed by atoms with van der Waals surface area (Å²) >= 11 is 0. The number of carbonyl (C=O) groups is 6. The Hall–Kier alpha value is -4.43. The fourth-order valence-electron chi connectivity index (χ4n) is 5.37. The summed E-state index contributed by atoms with van der Waals surface area (Å²) in [6, 6.07) is -2.37. The van der Waals surface area contributed by atoms with Gasteiger partial charge in [0.05, 0.1) is 28.4 Å². The first-order valence-corrected chi connectivity index (χ1v) is 16.7. The van der Waals surface area contributed by atoms with Crippen LogP contribution in [-0.2, 0) is 38.1 Å². The lowest BCUT2D eigenvalue weighted by Crippen LogP contribution is -2.56. The lowest BCUT2D eigenvalue weighted by atomic mass is 9.97.